The predicted molar refractivity (Wildman–Crippen MR) is 119 cm³/mol. The van der Waals surface area contributed by atoms with Crippen molar-refractivity contribution in [2.24, 2.45) is 0 Å². The van der Waals surface area contributed by atoms with Crippen LogP contribution in [-0.4, -0.2) is 26.7 Å². The molecule has 0 aliphatic carbocycles. The van der Waals surface area contributed by atoms with Gasteiger partial charge in [0, 0.05) is 24.5 Å². The first-order valence-electron chi connectivity index (χ1n) is 10.3. The minimum atomic E-state index is -0.667. The number of aliphatic hydroxyl groups is 1. The molecule has 5 heteroatoms. The third-order valence-corrected chi connectivity index (χ3v) is 5.76. The smallest absolute Gasteiger partial charge is 0.295 e. The van der Waals surface area contributed by atoms with E-state index in [2.05, 4.69) is 11.9 Å². The molecule has 5 nitrogen and oxygen atoms in total. The zero-order chi connectivity index (χ0) is 22.0. The molecule has 1 aromatic heterocycles. The average molecular weight is 412 g/mol. The van der Waals surface area contributed by atoms with Crippen molar-refractivity contribution in [3.05, 3.63) is 106 Å². The number of ketones is 1. The van der Waals surface area contributed by atoms with E-state index < -0.39 is 17.7 Å². The number of carbonyl (C=O) groups excluding carboxylic acids is 2. The van der Waals surface area contributed by atoms with E-state index in [1.807, 2.05) is 55.5 Å². The van der Waals surface area contributed by atoms with Crippen LogP contribution in [0, 0.1) is 6.92 Å². The van der Waals surface area contributed by atoms with Gasteiger partial charge in [-0.25, -0.2) is 0 Å². The third-order valence-electron chi connectivity index (χ3n) is 5.76. The molecule has 0 radical (unpaired) electrons. The van der Waals surface area contributed by atoms with Crippen molar-refractivity contribution in [1.82, 2.24) is 9.88 Å². The second kappa shape index (κ2) is 8.56. The van der Waals surface area contributed by atoms with E-state index >= 15 is 0 Å². The molecule has 1 aliphatic heterocycles. The summed E-state index contributed by atoms with van der Waals surface area (Å²) in [6, 6.07) is 18.0. The quantitative estimate of drug-likeness (QED) is 0.378. The highest BCUT2D eigenvalue weighted by Gasteiger charge is 2.46. The summed E-state index contributed by atoms with van der Waals surface area (Å²) >= 11 is 0. The van der Waals surface area contributed by atoms with Crippen molar-refractivity contribution < 1.29 is 14.7 Å². The molecule has 0 bridgehead atoms. The number of nitrogens with zero attached hydrogens (tertiary/aromatic N) is 2. The Bertz CT molecular complexity index is 1150. The van der Waals surface area contributed by atoms with Crippen molar-refractivity contribution in [2.45, 2.75) is 32.9 Å². The Morgan fingerprint density at radius 2 is 1.65 bits per heavy atom. The second-order valence-electron chi connectivity index (χ2n) is 7.69. The van der Waals surface area contributed by atoms with Gasteiger partial charge in [-0.15, -0.1) is 0 Å². The van der Waals surface area contributed by atoms with E-state index in [1.165, 1.54) is 4.90 Å². The van der Waals surface area contributed by atoms with Gasteiger partial charge in [0.15, 0.2) is 0 Å². The lowest BCUT2D eigenvalue weighted by Crippen LogP contribution is -2.29. The zero-order valence-corrected chi connectivity index (χ0v) is 17.6. The van der Waals surface area contributed by atoms with Crippen LogP contribution in [0.25, 0.3) is 5.76 Å². The Hall–Kier alpha value is -3.73. The minimum Gasteiger partial charge on any atom is -0.507 e. The molecule has 1 unspecified atom stereocenters. The van der Waals surface area contributed by atoms with Crippen LogP contribution >= 0.6 is 0 Å². The summed E-state index contributed by atoms with van der Waals surface area (Å²) in [5.74, 6) is -1.43. The molecular formula is C26H24N2O3. The first kappa shape index (κ1) is 20.5. The lowest BCUT2D eigenvalue weighted by atomic mass is 9.92. The largest absolute Gasteiger partial charge is 0.507 e. The molecular weight excluding hydrogens is 388 g/mol. The van der Waals surface area contributed by atoms with Crippen LogP contribution in [0.2, 0.25) is 0 Å². The van der Waals surface area contributed by atoms with Crippen LogP contribution in [0.3, 0.4) is 0 Å². The number of hydrogen-bond donors (Lipinski definition) is 1. The molecule has 1 N–H and O–H groups in total. The highest BCUT2D eigenvalue weighted by molar-refractivity contribution is 6.46. The SMILES string of the molecule is CCc1ccc(/C(O)=C2/C(=O)C(=O)N(Cc3ccncc3)C2c2ccccc2C)cc1. The number of carbonyl (C=O) groups is 2. The van der Waals surface area contributed by atoms with Gasteiger partial charge in [-0.3, -0.25) is 14.6 Å². The second-order valence-corrected chi connectivity index (χ2v) is 7.69. The number of rotatable bonds is 5. The van der Waals surface area contributed by atoms with Crippen molar-refractivity contribution in [1.29, 1.82) is 0 Å². The predicted octanol–water partition coefficient (Wildman–Crippen LogP) is 4.57. The number of hydrogen-bond acceptors (Lipinski definition) is 4. The Balaban J connectivity index is 1.86. The summed E-state index contributed by atoms with van der Waals surface area (Å²) < 4.78 is 0. The molecule has 1 atom stereocenters. The van der Waals surface area contributed by atoms with Crippen LogP contribution < -0.4 is 0 Å². The van der Waals surface area contributed by atoms with Crippen molar-refractivity contribution >= 4 is 17.4 Å². The van der Waals surface area contributed by atoms with E-state index in [9.17, 15) is 14.7 Å². The number of aliphatic hydroxyl groups excluding tert-OH is 1. The topological polar surface area (TPSA) is 70.5 Å². The van der Waals surface area contributed by atoms with E-state index in [4.69, 9.17) is 0 Å². The number of benzene rings is 2. The molecule has 156 valence electrons. The van der Waals surface area contributed by atoms with Gasteiger partial charge < -0.3 is 10.0 Å². The van der Waals surface area contributed by atoms with Gasteiger partial charge in [0.1, 0.15) is 5.76 Å². The molecule has 31 heavy (non-hydrogen) atoms. The number of amides is 1. The Morgan fingerprint density at radius 3 is 2.29 bits per heavy atom. The number of Topliss-reactive ketones (excluding diaryl/α,β-unsaturated/α-hetero) is 1. The standard InChI is InChI=1S/C26H24N2O3/c1-3-18-8-10-20(11-9-18)24(29)22-23(21-7-5-4-6-17(21)2)28(26(31)25(22)30)16-19-12-14-27-15-13-19/h4-15,23,29H,3,16H2,1-2H3/b24-22-. The van der Waals surface area contributed by atoms with Crippen LogP contribution in [0.5, 0.6) is 0 Å². The van der Waals surface area contributed by atoms with E-state index in [0.29, 0.717) is 5.56 Å². The van der Waals surface area contributed by atoms with E-state index in [0.717, 1.165) is 28.7 Å². The van der Waals surface area contributed by atoms with Gasteiger partial charge in [-0.05, 0) is 47.7 Å². The molecule has 0 spiro atoms. The number of pyridine rings is 1. The maximum Gasteiger partial charge on any atom is 0.295 e. The van der Waals surface area contributed by atoms with Crippen molar-refractivity contribution in [3.8, 4) is 0 Å². The van der Waals surface area contributed by atoms with Gasteiger partial charge in [0.2, 0.25) is 0 Å². The minimum absolute atomic E-state index is 0.123. The summed E-state index contributed by atoms with van der Waals surface area (Å²) in [6.07, 6.45) is 4.19. The maximum atomic E-state index is 13.1. The summed E-state index contributed by atoms with van der Waals surface area (Å²) in [4.78, 5) is 31.7. The van der Waals surface area contributed by atoms with Gasteiger partial charge in [-0.2, -0.15) is 0 Å². The van der Waals surface area contributed by atoms with Gasteiger partial charge >= 0.3 is 0 Å². The molecule has 2 aromatic carbocycles. The molecule has 1 saturated heterocycles. The first-order chi connectivity index (χ1) is 15.0. The van der Waals surface area contributed by atoms with E-state index in [-0.39, 0.29) is 17.9 Å². The fraction of sp³-hybridized carbons (Fsp3) is 0.192. The average Bonchev–Trinajstić information content (AvgIpc) is 3.04. The molecule has 1 aliphatic rings. The molecule has 1 fully saturated rings. The van der Waals surface area contributed by atoms with Gasteiger partial charge in [-0.1, -0.05) is 55.5 Å². The number of likely N-dealkylation sites (tertiary alicyclic amines) is 1. The monoisotopic (exact) mass is 412 g/mol. The summed E-state index contributed by atoms with van der Waals surface area (Å²) in [5, 5.41) is 11.1. The van der Waals surface area contributed by atoms with Gasteiger partial charge in [0.25, 0.3) is 11.7 Å². The molecule has 1 amide bonds. The van der Waals surface area contributed by atoms with Crippen molar-refractivity contribution in [2.75, 3.05) is 0 Å². The lowest BCUT2D eigenvalue weighted by molar-refractivity contribution is -0.140. The molecule has 3 aromatic rings. The van der Waals surface area contributed by atoms with Crippen LogP contribution in [-0.2, 0) is 22.6 Å². The fourth-order valence-corrected chi connectivity index (χ4v) is 4.00. The lowest BCUT2D eigenvalue weighted by Gasteiger charge is -2.26. The van der Waals surface area contributed by atoms with Crippen LogP contribution in [0.15, 0.2) is 78.6 Å². The Kier molecular flexibility index (Phi) is 5.67. The molecule has 4 rings (SSSR count). The van der Waals surface area contributed by atoms with Crippen molar-refractivity contribution in [3.63, 3.8) is 0 Å². The fourth-order valence-electron chi connectivity index (χ4n) is 4.00. The zero-order valence-electron chi connectivity index (χ0n) is 17.6. The summed E-state index contributed by atoms with van der Waals surface area (Å²) in [5.41, 5.74) is 4.41. The number of aryl methyl sites for hydroxylation is 2. The van der Waals surface area contributed by atoms with Gasteiger partial charge in [0.05, 0.1) is 11.6 Å². The van der Waals surface area contributed by atoms with Crippen LogP contribution in [0.4, 0.5) is 0 Å². The summed E-state index contributed by atoms with van der Waals surface area (Å²) in [7, 11) is 0. The molecule has 0 saturated carbocycles. The normalized spacial score (nSPS) is 17.9. The molecule has 2 heterocycles. The first-order valence-corrected chi connectivity index (χ1v) is 10.3. The van der Waals surface area contributed by atoms with Crippen LogP contribution in [0.1, 0.15) is 40.8 Å². The Morgan fingerprint density at radius 1 is 0.968 bits per heavy atom. The highest BCUT2D eigenvalue weighted by atomic mass is 16.3. The summed E-state index contributed by atoms with van der Waals surface area (Å²) in [6.45, 7) is 4.24. The van der Waals surface area contributed by atoms with E-state index in [1.54, 1.807) is 24.5 Å². The highest BCUT2D eigenvalue weighted by Crippen LogP contribution is 2.41. The third kappa shape index (κ3) is 3.87. The maximum absolute atomic E-state index is 13.1. The Labute approximate surface area is 181 Å². The number of aromatic nitrogens is 1.